The number of amides is 1. The largest absolute Gasteiger partial charge is 0.462 e. The zero-order valence-electron chi connectivity index (χ0n) is 12.0. The number of hydrogen-bond acceptors (Lipinski definition) is 4. The lowest BCUT2D eigenvalue weighted by Crippen LogP contribution is -2.13. The molecule has 1 amide bonds. The normalized spacial score (nSPS) is 10.4. The molecule has 1 aromatic heterocycles. The van der Waals surface area contributed by atoms with E-state index in [9.17, 15) is 9.59 Å². The Kier molecular flexibility index (Phi) is 4.77. The fourth-order valence-corrected chi connectivity index (χ4v) is 1.65. The lowest BCUT2D eigenvalue weighted by Gasteiger charge is -2.08. The summed E-state index contributed by atoms with van der Waals surface area (Å²) in [6.45, 7) is 4.29. The summed E-state index contributed by atoms with van der Waals surface area (Å²) in [5.74, 6) is -0.288. The molecule has 5 heteroatoms. The fourth-order valence-electron chi connectivity index (χ4n) is 1.65. The summed E-state index contributed by atoms with van der Waals surface area (Å²) in [4.78, 5) is 23.7. The highest BCUT2D eigenvalue weighted by Crippen LogP contribution is 2.14. The molecule has 1 heterocycles. The molecule has 0 aliphatic heterocycles. The van der Waals surface area contributed by atoms with E-state index in [-0.39, 0.29) is 17.6 Å². The monoisotopic (exact) mass is 287 g/mol. The van der Waals surface area contributed by atoms with Gasteiger partial charge in [0.1, 0.15) is 0 Å². The summed E-state index contributed by atoms with van der Waals surface area (Å²) in [5, 5.41) is 2.66. The van der Waals surface area contributed by atoms with Crippen LogP contribution in [0.3, 0.4) is 0 Å². The number of ether oxygens (including phenoxy) is 1. The van der Waals surface area contributed by atoms with Gasteiger partial charge in [0.15, 0.2) is 5.76 Å². The number of carbonyl (C=O) groups is 2. The second-order valence-electron chi connectivity index (χ2n) is 5.00. The minimum absolute atomic E-state index is 0.211. The first-order chi connectivity index (χ1) is 10.1. The third-order valence-corrected chi connectivity index (χ3v) is 2.65. The van der Waals surface area contributed by atoms with Gasteiger partial charge in [-0.1, -0.05) is 19.9 Å². The molecule has 0 radical (unpaired) electrons. The predicted molar refractivity (Wildman–Crippen MR) is 78.2 cm³/mol. The highest BCUT2D eigenvalue weighted by Gasteiger charge is 2.12. The molecule has 0 unspecified atom stereocenters. The van der Waals surface area contributed by atoms with E-state index in [4.69, 9.17) is 9.15 Å². The van der Waals surface area contributed by atoms with Crippen molar-refractivity contribution in [3.63, 3.8) is 0 Å². The van der Waals surface area contributed by atoms with Gasteiger partial charge in [-0.25, -0.2) is 4.79 Å². The molecular formula is C16H17NO4. The average Bonchev–Trinajstić information content (AvgIpc) is 2.99. The average molecular weight is 287 g/mol. The Balaban J connectivity index is 2.04. The molecule has 0 aliphatic carbocycles. The van der Waals surface area contributed by atoms with Gasteiger partial charge in [-0.15, -0.1) is 0 Å². The van der Waals surface area contributed by atoms with Crippen molar-refractivity contribution in [2.24, 2.45) is 5.92 Å². The van der Waals surface area contributed by atoms with E-state index in [0.29, 0.717) is 17.9 Å². The van der Waals surface area contributed by atoms with Crippen LogP contribution >= 0.6 is 0 Å². The molecule has 21 heavy (non-hydrogen) atoms. The maximum atomic E-state index is 11.9. The Morgan fingerprint density at radius 2 is 2.05 bits per heavy atom. The Hall–Kier alpha value is -2.56. The molecule has 0 fully saturated rings. The van der Waals surface area contributed by atoms with Crippen LogP contribution in [0.25, 0.3) is 0 Å². The van der Waals surface area contributed by atoms with Crippen LogP contribution in [-0.2, 0) is 4.74 Å². The van der Waals surface area contributed by atoms with Crippen molar-refractivity contribution in [3.8, 4) is 0 Å². The standard InChI is InChI=1S/C16H17NO4/c1-11(2)10-21-16(19)12-5-3-6-13(9-12)17-15(18)14-7-4-8-20-14/h3-9,11H,10H2,1-2H3,(H,17,18). The highest BCUT2D eigenvalue weighted by atomic mass is 16.5. The molecule has 2 aromatic rings. The van der Waals surface area contributed by atoms with E-state index in [1.807, 2.05) is 13.8 Å². The van der Waals surface area contributed by atoms with Crippen LogP contribution in [0.5, 0.6) is 0 Å². The van der Waals surface area contributed by atoms with Crippen LogP contribution in [0.15, 0.2) is 47.1 Å². The topological polar surface area (TPSA) is 68.5 Å². The van der Waals surface area contributed by atoms with E-state index in [2.05, 4.69) is 5.32 Å². The second-order valence-corrected chi connectivity index (χ2v) is 5.00. The predicted octanol–water partition coefficient (Wildman–Crippen LogP) is 3.34. The second kappa shape index (κ2) is 6.74. The van der Waals surface area contributed by atoms with Crippen molar-refractivity contribution in [3.05, 3.63) is 54.0 Å². The first-order valence-electron chi connectivity index (χ1n) is 6.68. The molecule has 5 nitrogen and oxygen atoms in total. The van der Waals surface area contributed by atoms with Crippen LogP contribution in [0.4, 0.5) is 5.69 Å². The third-order valence-electron chi connectivity index (χ3n) is 2.65. The zero-order valence-corrected chi connectivity index (χ0v) is 12.0. The van der Waals surface area contributed by atoms with Crippen molar-refractivity contribution in [1.29, 1.82) is 0 Å². The maximum absolute atomic E-state index is 11.9. The van der Waals surface area contributed by atoms with Crippen LogP contribution in [-0.4, -0.2) is 18.5 Å². The van der Waals surface area contributed by atoms with Crippen LogP contribution in [0.2, 0.25) is 0 Å². The van der Waals surface area contributed by atoms with Crippen molar-refractivity contribution in [1.82, 2.24) is 0 Å². The van der Waals surface area contributed by atoms with Gasteiger partial charge in [0.25, 0.3) is 5.91 Å². The van der Waals surface area contributed by atoms with Gasteiger partial charge in [0, 0.05) is 5.69 Å². The van der Waals surface area contributed by atoms with Gasteiger partial charge >= 0.3 is 5.97 Å². The molecule has 0 bridgehead atoms. The van der Waals surface area contributed by atoms with Crippen molar-refractivity contribution in [2.45, 2.75) is 13.8 Å². The van der Waals surface area contributed by atoms with Gasteiger partial charge in [-0.05, 0) is 36.2 Å². The van der Waals surface area contributed by atoms with E-state index < -0.39 is 5.97 Å². The number of esters is 1. The van der Waals surface area contributed by atoms with Crippen LogP contribution in [0.1, 0.15) is 34.8 Å². The quantitative estimate of drug-likeness (QED) is 0.856. The molecule has 2 rings (SSSR count). The minimum Gasteiger partial charge on any atom is -0.462 e. The molecular weight excluding hydrogens is 270 g/mol. The first-order valence-corrected chi connectivity index (χ1v) is 6.68. The van der Waals surface area contributed by atoms with Crippen molar-refractivity contribution in [2.75, 3.05) is 11.9 Å². The molecule has 1 aromatic carbocycles. The molecule has 0 atom stereocenters. The molecule has 0 spiro atoms. The summed E-state index contributed by atoms with van der Waals surface area (Å²) in [6, 6.07) is 9.79. The first kappa shape index (κ1) is 14.8. The minimum atomic E-state index is -0.405. The van der Waals surface area contributed by atoms with Crippen LogP contribution in [0, 0.1) is 5.92 Å². The lowest BCUT2D eigenvalue weighted by molar-refractivity contribution is 0.0459. The summed E-state index contributed by atoms with van der Waals surface area (Å²) in [7, 11) is 0. The SMILES string of the molecule is CC(C)COC(=O)c1cccc(NC(=O)c2ccco2)c1. The number of furan rings is 1. The van der Waals surface area contributed by atoms with E-state index in [1.165, 1.54) is 6.26 Å². The van der Waals surface area contributed by atoms with Gasteiger partial charge < -0.3 is 14.5 Å². The number of hydrogen-bond donors (Lipinski definition) is 1. The van der Waals surface area contributed by atoms with Crippen molar-refractivity contribution >= 4 is 17.6 Å². The molecule has 0 aliphatic rings. The number of carbonyl (C=O) groups excluding carboxylic acids is 2. The summed E-state index contributed by atoms with van der Waals surface area (Å²) >= 11 is 0. The summed E-state index contributed by atoms with van der Waals surface area (Å²) in [5.41, 5.74) is 0.906. The van der Waals surface area contributed by atoms with Gasteiger partial charge in [-0.2, -0.15) is 0 Å². The Morgan fingerprint density at radius 3 is 2.71 bits per heavy atom. The Bertz CT molecular complexity index is 617. The molecule has 1 N–H and O–H groups in total. The van der Waals surface area contributed by atoms with E-state index >= 15 is 0 Å². The maximum Gasteiger partial charge on any atom is 0.338 e. The molecule has 110 valence electrons. The smallest absolute Gasteiger partial charge is 0.338 e. The zero-order chi connectivity index (χ0) is 15.2. The number of anilines is 1. The number of benzene rings is 1. The van der Waals surface area contributed by atoms with Gasteiger partial charge in [0.05, 0.1) is 18.4 Å². The Morgan fingerprint density at radius 1 is 1.24 bits per heavy atom. The molecule has 0 saturated heterocycles. The number of nitrogens with one attached hydrogen (secondary N) is 1. The third kappa shape index (κ3) is 4.21. The summed E-state index contributed by atoms with van der Waals surface area (Å²) in [6.07, 6.45) is 1.43. The van der Waals surface area contributed by atoms with E-state index in [0.717, 1.165) is 0 Å². The molecule has 0 saturated carbocycles. The van der Waals surface area contributed by atoms with Crippen molar-refractivity contribution < 1.29 is 18.7 Å². The van der Waals surface area contributed by atoms with Crippen LogP contribution < -0.4 is 5.32 Å². The van der Waals surface area contributed by atoms with Gasteiger partial charge in [-0.3, -0.25) is 4.79 Å². The highest BCUT2D eigenvalue weighted by molar-refractivity contribution is 6.02. The lowest BCUT2D eigenvalue weighted by atomic mass is 10.2. The van der Waals surface area contributed by atoms with E-state index in [1.54, 1.807) is 36.4 Å². The van der Waals surface area contributed by atoms with Gasteiger partial charge in [0.2, 0.25) is 0 Å². The summed E-state index contributed by atoms with van der Waals surface area (Å²) < 4.78 is 10.2. The fraction of sp³-hybridized carbons (Fsp3) is 0.250. The number of rotatable bonds is 5. The Labute approximate surface area is 122 Å².